The minimum atomic E-state index is -4.33. The highest BCUT2D eigenvalue weighted by Gasteiger charge is 2.63. The Morgan fingerprint density at radius 2 is 1.75 bits per heavy atom. The van der Waals surface area contributed by atoms with Crippen LogP contribution in [0, 0.1) is 6.92 Å². The second kappa shape index (κ2) is 7.73. The molecule has 28 heavy (non-hydrogen) atoms. The summed E-state index contributed by atoms with van der Waals surface area (Å²) in [4.78, 5) is 24.8. The second-order valence-electron chi connectivity index (χ2n) is 6.84. The third-order valence-electron chi connectivity index (χ3n) is 5.02. The molecule has 8 heteroatoms. The molecular formula is C20H22NO6S+. The lowest BCUT2D eigenvalue weighted by molar-refractivity contribution is -0.736. The Morgan fingerprint density at radius 1 is 1.11 bits per heavy atom. The van der Waals surface area contributed by atoms with Gasteiger partial charge in [-0.2, -0.15) is 13.2 Å². The number of aliphatic carboxylic acids is 1. The van der Waals surface area contributed by atoms with Gasteiger partial charge in [-0.15, -0.1) is 3.89 Å². The van der Waals surface area contributed by atoms with Crippen LogP contribution in [0.4, 0.5) is 4.79 Å². The summed E-state index contributed by atoms with van der Waals surface area (Å²) in [6.45, 7) is 1.54. The highest BCUT2D eigenvalue weighted by Crippen LogP contribution is 2.37. The molecule has 1 heterocycles. The molecule has 1 saturated heterocycles. The predicted octanol–water partition coefficient (Wildman–Crippen LogP) is 3.08. The van der Waals surface area contributed by atoms with Gasteiger partial charge >= 0.3 is 22.1 Å². The summed E-state index contributed by atoms with van der Waals surface area (Å²) < 4.78 is 31.0. The molecule has 2 aromatic carbocycles. The fraction of sp³-hybridized carbons (Fsp3) is 0.300. The summed E-state index contributed by atoms with van der Waals surface area (Å²) in [7, 11) is -4.33. The summed E-state index contributed by atoms with van der Waals surface area (Å²) >= 11 is 0. The van der Waals surface area contributed by atoms with Gasteiger partial charge in [-0.05, 0) is 24.6 Å². The van der Waals surface area contributed by atoms with Crippen LogP contribution in [0.25, 0.3) is 0 Å². The maximum atomic E-state index is 13.4. The standard InChI is InChI=1S/C20H21NO6S/c1-15-9-11-17(12-10-15)28(25,26)21(13-5-8-18(21)19(22)23)20(24)27-14-16-6-3-2-4-7-16/h2-4,6-7,9-12,18H,5,8,13-14H2,1H3/p+1/t18-,21?/m0/s1. The molecular weight excluding hydrogens is 382 g/mol. The number of carboxylic acids is 1. The van der Waals surface area contributed by atoms with Crippen LogP contribution in [0.5, 0.6) is 0 Å². The maximum Gasteiger partial charge on any atom is 0.533 e. The van der Waals surface area contributed by atoms with Crippen molar-refractivity contribution < 1.29 is 31.7 Å². The fourth-order valence-corrected chi connectivity index (χ4v) is 5.52. The van der Waals surface area contributed by atoms with Crippen LogP contribution < -0.4 is 0 Å². The molecule has 148 valence electrons. The average molecular weight is 404 g/mol. The molecule has 2 atom stereocenters. The van der Waals surface area contributed by atoms with Crippen molar-refractivity contribution in [2.75, 3.05) is 6.54 Å². The van der Waals surface area contributed by atoms with Gasteiger partial charge in [0.05, 0.1) is 0 Å². The Balaban J connectivity index is 2.02. The Bertz CT molecular complexity index is 972. The molecule has 0 aliphatic carbocycles. The van der Waals surface area contributed by atoms with Crippen LogP contribution in [0.15, 0.2) is 59.5 Å². The van der Waals surface area contributed by atoms with Crippen molar-refractivity contribution >= 4 is 22.1 Å². The molecule has 7 nitrogen and oxygen atoms in total. The summed E-state index contributed by atoms with van der Waals surface area (Å²) in [6, 6.07) is 13.4. The summed E-state index contributed by atoms with van der Waals surface area (Å²) in [6.07, 6.45) is -0.682. The van der Waals surface area contributed by atoms with Crippen molar-refractivity contribution in [3.63, 3.8) is 0 Å². The van der Waals surface area contributed by atoms with E-state index in [1.165, 1.54) is 12.1 Å². The summed E-state index contributed by atoms with van der Waals surface area (Å²) in [5.41, 5.74) is 1.54. The average Bonchev–Trinajstić information content (AvgIpc) is 3.14. The summed E-state index contributed by atoms with van der Waals surface area (Å²) in [5.74, 6) is -1.33. The number of hydrogen-bond donors (Lipinski definition) is 1. The Hall–Kier alpha value is -2.71. The molecule has 0 radical (unpaired) electrons. The van der Waals surface area contributed by atoms with E-state index in [4.69, 9.17) is 4.74 Å². The Labute approximate surface area is 163 Å². The van der Waals surface area contributed by atoms with Crippen molar-refractivity contribution in [1.82, 2.24) is 0 Å². The largest absolute Gasteiger partial charge is 0.533 e. The van der Waals surface area contributed by atoms with E-state index in [1.807, 2.05) is 13.0 Å². The second-order valence-corrected chi connectivity index (χ2v) is 8.92. The topological polar surface area (TPSA) is 97.7 Å². The number of likely N-dealkylation sites (tertiary alicyclic amines) is 1. The lowest BCUT2D eigenvalue weighted by atomic mass is 10.2. The van der Waals surface area contributed by atoms with Crippen molar-refractivity contribution in [1.29, 1.82) is 0 Å². The SMILES string of the molecule is Cc1ccc(S(=O)(=O)[N+]2(C(=O)OCc3ccccc3)CCC[C@H]2C(=O)O)cc1. The van der Waals surface area contributed by atoms with E-state index in [9.17, 15) is 23.1 Å². The van der Waals surface area contributed by atoms with Gasteiger partial charge in [0, 0.05) is 12.8 Å². The number of hydrogen-bond acceptors (Lipinski definition) is 5. The molecule has 0 aromatic heterocycles. The zero-order valence-electron chi connectivity index (χ0n) is 15.4. The van der Waals surface area contributed by atoms with Crippen LogP contribution in [0.2, 0.25) is 0 Å². The molecule has 1 N–H and O–H groups in total. The molecule has 2 aromatic rings. The zero-order valence-corrected chi connectivity index (χ0v) is 16.3. The highest BCUT2D eigenvalue weighted by atomic mass is 32.2. The Kier molecular flexibility index (Phi) is 5.53. The third kappa shape index (κ3) is 3.41. The van der Waals surface area contributed by atoms with Crippen LogP contribution >= 0.6 is 0 Å². The molecule has 1 fully saturated rings. The smallest absolute Gasteiger partial charge is 0.477 e. The van der Waals surface area contributed by atoms with Gasteiger partial charge in [-0.1, -0.05) is 48.0 Å². The molecule has 1 amide bonds. The number of carboxylic acid groups (broad SMARTS) is 1. The van der Waals surface area contributed by atoms with Gasteiger partial charge < -0.3 is 9.84 Å². The first-order valence-electron chi connectivity index (χ1n) is 8.93. The number of quaternary nitrogens is 1. The number of aryl methyl sites for hydroxylation is 1. The monoisotopic (exact) mass is 404 g/mol. The van der Waals surface area contributed by atoms with Gasteiger partial charge in [0.1, 0.15) is 18.0 Å². The molecule has 0 spiro atoms. The van der Waals surface area contributed by atoms with Gasteiger partial charge in [0.25, 0.3) is 0 Å². The van der Waals surface area contributed by atoms with Crippen molar-refractivity contribution in [3.05, 3.63) is 65.7 Å². The van der Waals surface area contributed by atoms with E-state index in [-0.39, 0.29) is 24.5 Å². The first kappa shape index (κ1) is 20.0. The van der Waals surface area contributed by atoms with Gasteiger partial charge in [0.2, 0.25) is 6.04 Å². The molecule has 1 aliphatic heterocycles. The molecule has 0 bridgehead atoms. The molecule has 0 saturated carbocycles. The third-order valence-corrected chi connectivity index (χ3v) is 7.33. The number of ether oxygens (including phenoxy) is 1. The first-order chi connectivity index (χ1) is 13.3. The number of rotatable bonds is 5. The number of carbonyl (C=O) groups is 2. The van der Waals surface area contributed by atoms with E-state index in [1.54, 1.807) is 36.4 Å². The lowest BCUT2D eigenvalue weighted by Crippen LogP contribution is -2.62. The van der Waals surface area contributed by atoms with E-state index < -0.39 is 32.0 Å². The lowest BCUT2D eigenvalue weighted by Gasteiger charge is -2.32. The normalized spacial score (nSPS) is 22.0. The van der Waals surface area contributed by atoms with Gasteiger partial charge in [-0.3, -0.25) is 0 Å². The van der Waals surface area contributed by atoms with E-state index in [2.05, 4.69) is 0 Å². The minimum Gasteiger partial charge on any atom is -0.477 e. The number of nitrogens with zero attached hydrogens (tertiary/aromatic N) is 1. The minimum absolute atomic E-state index is 0.0842. The van der Waals surface area contributed by atoms with Crippen LogP contribution in [0.1, 0.15) is 24.0 Å². The number of carbonyl (C=O) groups excluding carboxylic acids is 1. The Morgan fingerprint density at radius 3 is 2.36 bits per heavy atom. The van der Waals surface area contributed by atoms with Crippen LogP contribution in [0.3, 0.4) is 0 Å². The number of amides is 1. The van der Waals surface area contributed by atoms with E-state index in [0.717, 1.165) is 5.56 Å². The van der Waals surface area contributed by atoms with E-state index >= 15 is 0 Å². The van der Waals surface area contributed by atoms with Crippen molar-refractivity contribution in [2.24, 2.45) is 0 Å². The predicted molar refractivity (Wildman–Crippen MR) is 101 cm³/mol. The number of benzene rings is 2. The van der Waals surface area contributed by atoms with Crippen LogP contribution in [-0.2, 0) is 26.2 Å². The highest BCUT2D eigenvalue weighted by molar-refractivity contribution is 7.86. The van der Waals surface area contributed by atoms with Gasteiger partial charge in [0.15, 0.2) is 0 Å². The molecule has 1 unspecified atom stereocenters. The van der Waals surface area contributed by atoms with Gasteiger partial charge in [-0.25, -0.2) is 4.79 Å². The summed E-state index contributed by atoms with van der Waals surface area (Å²) in [5, 5.41) is 9.65. The van der Waals surface area contributed by atoms with E-state index in [0.29, 0.717) is 12.0 Å². The zero-order chi connectivity index (χ0) is 20.4. The number of sulfonamides is 1. The van der Waals surface area contributed by atoms with Crippen molar-refractivity contribution in [2.45, 2.75) is 37.3 Å². The van der Waals surface area contributed by atoms with Crippen LogP contribution in [-0.4, -0.2) is 42.1 Å². The maximum absolute atomic E-state index is 13.4. The first-order valence-corrected chi connectivity index (χ1v) is 10.4. The molecule has 1 aliphatic rings. The fourth-order valence-electron chi connectivity index (χ4n) is 3.52. The molecule has 3 rings (SSSR count). The van der Waals surface area contributed by atoms with Crippen molar-refractivity contribution in [3.8, 4) is 0 Å². The quantitative estimate of drug-likeness (QED) is 0.769.